The molecule has 0 unspecified atom stereocenters. The number of nitrogens with one attached hydrogen (secondary N) is 2. The Bertz CT molecular complexity index is 1370. The summed E-state index contributed by atoms with van der Waals surface area (Å²) in [6.45, 7) is 2.68. The van der Waals surface area contributed by atoms with Gasteiger partial charge >= 0.3 is 6.03 Å². The molecule has 0 bridgehead atoms. The fourth-order valence-electron chi connectivity index (χ4n) is 3.25. The molecular weight excluding hydrogens is 454 g/mol. The van der Waals surface area contributed by atoms with Crippen LogP contribution in [0.1, 0.15) is 23.9 Å². The van der Waals surface area contributed by atoms with Crippen molar-refractivity contribution in [3.05, 3.63) is 84.1 Å². The Balaban J connectivity index is 1.32. The Kier molecular flexibility index (Phi) is 6.78. The van der Waals surface area contributed by atoms with E-state index in [0.29, 0.717) is 24.6 Å². The molecule has 1 amide bonds. The molecule has 2 heterocycles. The Morgan fingerprint density at radius 2 is 1.85 bits per heavy atom. The SMILES string of the molecule is CCc1cc(CNC(=O)n2cnc(-c3ccc(OCc4ccc(S(C)(=O)=O)cc4)cc3)c2)[nH]n1. The quantitative estimate of drug-likeness (QED) is 0.399. The fraction of sp³-hybridized carbons (Fsp3) is 0.208. The van der Waals surface area contributed by atoms with Crippen LogP contribution in [0, 0.1) is 0 Å². The first-order chi connectivity index (χ1) is 16.3. The summed E-state index contributed by atoms with van der Waals surface area (Å²) in [5, 5.41) is 9.88. The molecule has 0 saturated carbocycles. The predicted molar refractivity (Wildman–Crippen MR) is 127 cm³/mol. The van der Waals surface area contributed by atoms with Gasteiger partial charge in [0.15, 0.2) is 9.84 Å². The smallest absolute Gasteiger partial charge is 0.327 e. The molecule has 2 aromatic carbocycles. The Morgan fingerprint density at radius 3 is 2.50 bits per heavy atom. The van der Waals surface area contributed by atoms with E-state index in [1.165, 1.54) is 17.2 Å². The van der Waals surface area contributed by atoms with Gasteiger partial charge < -0.3 is 10.1 Å². The summed E-state index contributed by atoms with van der Waals surface area (Å²) in [5.41, 5.74) is 4.16. The predicted octanol–water partition coefficient (Wildman–Crippen LogP) is 3.58. The lowest BCUT2D eigenvalue weighted by Crippen LogP contribution is -2.27. The van der Waals surface area contributed by atoms with E-state index in [1.54, 1.807) is 30.5 Å². The number of benzene rings is 2. The lowest BCUT2D eigenvalue weighted by molar-refractivity contribution is 0.242. The molecule has 0 aliphatic heterocycles. The number of aromatic amines is 1. The molecule has 10 heteroatoms. The van der Waals surface area contributed by atoms with Gasteiger partial charge in [-0.2, -0.15) is 5.10 Å². The molecule has 0 fully saturated rings. The van der Waals surface area contributed by atoms with Gasteiger partial charge in [0, 0.05) is 18.0 Å². The van der Waals surface area contributed by atoms with Crippen molar-refractivity contribution < 1.29 is 17.9 Å². The van der Waals surface area contributed by atoms with Gasteiger partial charge in [0.1, 0.15) is 18.7 Å². The van der Waals surface area contributed by atoms with Gasteiger partial charge in [-0.25, -0.2) is 18.2 Å². The molecule has 2 aromatic heterocycles. The number of rotatable bonds is 8. The summed E-state index contributed by atoms with van der Waals surface area (Å²) in [5.74, 6) is 0.666. The number of aromatic nitrogens is 4. The number of aryl methyl sites for hydroxylation is 1. The third-order valence-electron chi connectivity index (χ3n) is 5.20. The van der Waals surface area contributed by atoms with E-state index in [4.69, 9.17) is 4.74 Å². The number of carbonyl (C=O) groups is 1. The molecule has 0 atom stereocenters. The van der Waals surface area contributed by atoms with Crippen LogP contribution in [0.2, 0.25) is 0 Å². The lowest BCUT2D eigenvalue weighted by Gasteiger charge is -2.07. The van der Waals surface area contributed by atoms with E-state index in [-0.39, 0.29) is 10.9 Å². The molecule has 0 radical (unpaired) electrons. The second-order valence-electron chi connectivity index (χ2n) is 7.79. The highest BCUT2D eigenvalue weighted by atomic mass is 32.2. The molecular formula is C24H25N5O4S. The maximum Gasteiger partial charge on any atom is 0.327 e. The van der Waals surface area contributed by atoms with E-state index in [9.17, 15) is 13.2 Å². The first kappa shape index (κ1) is 23.2. The number of H-pyrrole nitrogens is 1. The van der Waals surface area contributed by atoms with Crippen molar-refractivity contribution in [1.82, 2.24) is 25.1 Å². The molecule has 176 valence electrons. The Hall–Kier alpha value is -3.92. The van der Waals surface area contributed by atoms with Crippen LogP contribution in [-0.2, 0) is 29.4 Å². The minimum absolute atomic E-state index is 0.278. The molecule has 0 aliphatic rings. The van der Waals surface area contributed by atoms with Gasteiger partial charge in [0.05, 0.1) is 28.5 Å². The van der Waals surface area contributed by atoms with Crippen LogP contribution < -0.4 is 10.1 Å². The van der Waals surface area contributed by atoms with Gasteiger partial charge in [0.25, 0.3) is 0 Å². The van der Waals surface area contributed by atoms with Crippen LogP contribution in [-0.4, -0.2) is 40.5 Å². The maximum atomic E-state index is 12.4. The minimum Gasteiger partial charge on any atom is -0.489 e. The zero-order valence-corrected chi connectivity index (χ0v) is 19.7. The second kappa shape index (κ2) is 9.92. The van der Waals surface area contributed by atoms with E-state index in [1.807, 2.05) is 37.3 Å². The van der Waals surface area contributed by atoms with Crippen molar-refractivity contribution in [2.75, 3.05) is 6.26 Å². The summed E-state index contributed by atoms with van der Waals surface area (Å²) in [7, 11) is -3.22. The molecule has 0 spiro atoms. The molecule has 34 heavy (non-hydrogen) atoms. The monoisotopic (exact) mass is 479 g/mol. The van der Waals surface area contributed by atoms with E-state index < -0.39 is 9.84 Å². The first-order valence-electron chi connectivity index (χ1n) is 10.7. The molecule has 0 saturated heterocycles. The molecule has 9 nitrogen and oxygen atoms in total. The highest BCUT2D eigenvalue weighted by molar-refractivity contribution is 7.90. The van der Waals surface area contributed by atoms with Crippen molar-refractivity contribution in [3.8, 4) is 17.0 Å². The Labute approximate surface area is 197 Å². The zero-order valence-electron chi connectivity index (χ0n) is 18.9. The summed E-state index contributed by atoms with van der Waals surface area (Å²) in [6.07, 6.45) is 5.15. The summed E-state index contributed by atoms with van der Waals surface area (Å²) in [6, 6.07) is 15.6. The zero-order chi connectivity index (χ0) is 24.1. The highest BCUT2D eigenvalue weighted by Crippen LogP contribution is 2.22. The van der Waals surface area contributed by atoms with E-state index >= 15 is 0 Å². The third kappa shape index (κ3) is 5.70. The van der Waals surface area contributed by atoms with Crippen LogP contribution >= 0.6 is 0 Å². The lowest BCUT2D eigenvalue weighted by atomic mass is 10.1. The highest BCUT2D eigenvalue weighted by Gasteiger charge is 2.10. The standard InChI is InChI=1S/C24H25N5O4S/c1-3-19-12-20(28-27-19)13-25-24(30)29-14-23(26-16-29)18-6-8-21(9-7-18)33-15-17-4-10-22(11-5-17)34(2,31)32/h4-12,14,16H,3,13,15H2,1-2H3,(H,25,30)(H,27,28). The summed E-state index contributed by atoms with van der Waals surface area (Å²) in [4.78, 5) is 17.0. The normalized spacial score (nSPS) is 11.4. The second-order valence-corrected chi connectivity index (χ2v) is 9.81. The van der Waals surface area contributed by atoms with Crippen LogP contribution in [0.25, 0.3) is 11.3 Å². The van der Waals surface area contributed by atoms with Crippen LogP contribution in [0.4, 0.5) is 4.79 Å². The van der Waals surface area contributed by atoms with Crippen molar-refractivity contribution >= 4 is 15.9 Å². The number of sulfone groups is 1. The number of ether oxygens (including phenoxy) is 1. The van der Waals surface area contributed by atoms with Crippen molar-refractivity contribution in [1.29, 1.82) is 0 Å². The number of nitrogens with zero attached hydrogens (tertiary/aromatic N) is 3. The fourth-order valence-corrected chi connectivity index (χ4v) is 3.88. The molecule has 2 N–H and O–H groups in total. The topological polar surface area (TPSA) is 119 Å². The largest absolute Gasteiger partial charge is 0.489 e. The number of imidazole rings is 1. The average Bonchev–Trinajstić information content (AvgIpc) is 3.51. The van der Waals surface area contributed by atoms with Gasteiger partial charge in [-0.3, -0.25) is 9.67 Å². The maximum absolute atomic E-state index is 12.4. The van der Waals surface area contributed by atoms with Crippen molar-refractivity contribution in [2.45, 2.75) is 31.4 Å². The Morgan fingerprint density at radius 1 is 1.12 bits per heavy atom. The number of amides is 1. The first-order valence-corrected chi connectivity index (χ1v) is 12.6. The van der Waals surface area contributed by atoms with Crippen molar-refractivity contribution in [2.24, 2.45) is 0 Å². The number of hydrogen-bond acceptors (Lipinski definition) is 6. The molecule has 4 rings (SSSR count). The molecule has 4 aromatic rings. The average molecular weight is 480 g/mol. The minimum atomic E-state index is -3.22. The van der Waals surface area contributed by atoms with Crippen LogP contribution in [0.3, 0.4) is 0 Å². The number of hydrogen-bond donors (Lipinski definition) is 2. The van der Waals surface area contributed by atoms with E-state index in [2.05, 4.69) is 20.5 Å². The van der Waals surface area contributed by atoms with Gasteiger partial charge in [0.2, 0.25) is 0 Å². The van der Waals surface area contributed by atoms with Crippen molar-refractivity contribution in [3.63, 3.8) is 0 Å². The van der Waals surface area contributed by atoms with Gasteiger partial charge in [-0.15, -0.1) is 0 Å². The van der Waals surface area contributed by atoms with E-state index in [0.717, 1.165) is 28.9 Å². The number of carbonyl (C=O) groups excluding carboxylic acids is 1. The summed E-state index contributed by atoms with van der Waals surface area (Å²) < 4.78 is 30.3. The third-order valence-corrected chi connectivity index (χ3v) is 6.33. The van der Waals surface area contributed by atoms with Gasteiger partial charge in [-0.1, -0.05) is 19.1 Å². The molecule has 0 aliphatic carbocycles. The van der Waals surface area contributed by atoms with Gasteiger partial charge in [-0.05, 0) is 54.4 Å². The van der Waals surface area contributed by atoms with Crippen LogP contribution in [0.5, 0.6) is 5.75 Å². The summed E-state index contributed by atoms with van der Waals surface area (Å²) >= 11 is 0. The van der Waals surface area contributed by atoms with Crippen LogP contribution in [0.15, 0.2) is 72.0 Å².